The Bertz CT molecular complexity index is 1130. The zero-order valence-corrected chi connectivity index (χ0v) is 18.8. The van der Waals surface area contributed by atoms with E-state index in [1.807, 2.05) is 29.2 Å². The molecule has 0 atom stereocenters. The van der Waals surface area contributed by atoms with Gasteiger partial charge in [0.25, 0.3) is 0 Å². The summed E-state index contributed by atoms with van der Waals surface area (Å²) < 4.78 is 28.8. The van der Waals surface area contributed by atoms with Crippen molar-refractivity contribution < 1.29 is 13.6 Å². The van der Waals surface area contributed by atoms with E-state index in [1.165, 1.54) is 0 Å². The number of amides is 1. The van der Waals surface area contributed by atoms with Gasteiger partial charge in [-0.1, -0.05) is 24.3 Å². The highest BCUT2D eigenvalue weighted by Gasteiger charge is 2.30. The summed E-state index contributed by atoms with van der Waals surface area (Å²) in [5.41, 5.74) is 2.61. The van der Waals surface area contributed by atoms with E-state index in [0.29, 0.717) is 29.7 Å². The Kier molecular flexibility index (Phi) is 6.01. The molecule has 6 nitrogen and oxygen atoms in total. The number of nitrogens with zero attached hydrogens (tertiary/aromatic N) is 5. The Morgan fingerprint density at radius 3 is 2.42 bits per heavy atom. The first-order valence-electron chi connectivity index (χ1n) is 11.6. The fraction of sp³-hybridized carbons (Fsp3) is 0.440. The van der Waals surface area contributed by atoms with Crippen LogP contribution in [0, 0.1) is 5.92 Å². The summed E-state index contributed by atoms with van der Waals surface area (Å²) in [5, 5.41) is 0. The smallest absolute Gasteiger partial charge is 0.320 e. The molecule has 1 amide bonds. The Labute approximate surface area is 192 Å². The Balaban J connectivity index is 1.32. The van der Waals surface area contributed by atoms with Crippen molar-refractivity contribution in [1.82, 2.24) is 19.4 Å². The summed E-state index contributed by atoms with van der Waals surface area (Å²) in [6.45, 7) is 2.11. The Morgan fingerprint density at radius 1 is 0.970 bits per heavy atom. The number of halogens is 2. The lowest BCUT2D eigenvalue weighted by Gasteiger charge is -2.39. The number of piperidine rings is 1. The molecule has 2 fully saturated rings. The van der Waals surface area contributed by atoms with Gasteiger partial charge in [-0.2, -0.15) is 8.78 Å². The van der Waals surface area contributed by atoms with Crippen LogP contribution in [0.25, 0.3) is 22.4 Å². The number of imidazole rings is 1. The minimum atomic E-state index is -2.68. The number of anilines is 1. The van der Waals surface area contributed by atoms with E-state index >= 15 is 0 Å². The maximum Gasteiger partial charge on any atom is 0.320 e. The maximum absolute atomic E-state index is 13.9. The van der Waals surface area contributed by atoms with E-state index in [9.17, 15) is 13.6 Å². The van der Waals surface area contributed by atoms with E-state index in [4.69, 9.17) is 0 Å². The highest BCUT2D eigenvalue weighted by atomic mass is 19.3. The first kappa shape index (κ1) is 21.8. The van der Waals surface area contributed by atoms with Crippen LogP contribution in [0.15, 0.2) is 48.5 Å². The lowest BCUT2D eigenvalue weighted by Crippen LogP contribution is -2.51. The average Bonchev–Trinajstić information content (AvgIpc) is 3.24. The molecule has 5 rings (SSSR count). The van der Waals surface area contributed by atoms with Crippen molar-refractivity contribution in [2.24, 2.45) is 5.92 Å². The topological polar surface area (TPSA) is 44.6 Å². The van der Waals surface area contributed by atoms with Gasteiger partial charge in [-0.05, 0) is 57.2 Å². The molecule has 3 aromatic rings. The summed E-state index contributed by atoms with van der Waals surface area (Å²) in [5.74, 6) is 0.685. The lowest BCUT2D eigenvalue weighted by atomic mass is 9.95. The molecule has 0 saturated carbocycles. The molecule has 0 N–H and O–H groups in total. The number of likely N-dealkylation sites (tertiary alicyclic amines) is 1. The van der Waals surface area contributed by atoms with Crippen molar-refractivity contribution in [2.75, 3.05) is 51.2 Å². The third-order valence-electron chi connectivity index (χ3n) is 6.92. The second-order valence-corrected chi connectivity index (χ2v) is 9.01. The fourth-order valence-corrected chi connectivity index (χ4v) is 4.99. The normalized spacial score (nSPS) is 18.4. The molecule has 2 aromatic carbocycles. The van der Waals surface area contributed by atoms with Crippen LogP contribution < -0.4 is 4.90 Å². The van der Waals surface area contributed by atoms with Gasteiger partial charge in [-0.3, -0.25) is 9.36 Å². The first-order valence-corrected chi connectivity index (χ1v) is 11.6. The van der Waals surface area contributed by atoms with Crippen LogP contribution in [-0.2, 0) is 4.79 Å². The highest BCUT2D eigenvalue weighted by molar-refractivity contribution is 5.81. The van der Waals surface area contributed by atoms with E-state index < -0.39 is 6.55 Å². The number of carbonyl (C=O) groups is 1. The third kappa shape index (κ3) is 4.31. The number of benzene rings is 2. The summed E-state index contributed by atoms with van der Waals surface area (Å²) in [7, 11) is 2.10. The zero-order valence-electron chi connectivity index (χ0n) is 18.8. The van der Waals surface area contributed by atoms with Gasteiger partial charge in [0.15, 0.2) is 0 Å². The van der Waals surface area contributed by atoms with E-state index in [-0.39, 0.29) is 17.6 Å². The molecule has 33 heavy (non-hydrogen) atoms. The molecule has 8 heteroatoms. The quantitative estimate of drug-likeness (QED) is 0.597. The number of fused-ring (bicyclic) bond motifs is 1. The number of piperazine rings is 1. The zero-order chi connectivity index (χ0) is 22.9. The summed E-state index contributed by atoms with van der Waals surface area (Å²) in [6, 6.07) is 14.6. The van der Waals surface area contributed by atoms with Crippen LogP contribution in [0.3, 0.4) is 0 Å². The summed E-state index contributed by atoms with van der Waals surface area (Å²) >= 11 is 0. The summed E-state index contributed by atoms with van der Waals surface area (Å²) in [4.78, 5) is 23.9. The number of carbonyl (C=O) groups excluding carboxylic acids is 1. The highest BCUT2D eigenvalue weighted by Crippen LogP contribution is 2.32. The number of hydrogen-bond acceptors (Lipinski definition) is 4. The van der Waals surface area contributed by atoms with Crippen molar-refractivity contribution in [3.05, 3.63) is 48.5 Å². The molecule has 0 radical (unpaired) electrons. The largest absolute Gasteiger partial charge is 0.368 e. The van der Waals surface area contributed by atoms with Crippen LogP contribution in [0.2, 0.25) is 0 Å². The van der Waals surface area contributed by atoms with E-state index in [1.54, 1.807) is 24.3 Å². The molecule has 1 aromatic heterocycles. The predicted molar refractivity (Wildman–Crippen MR) is 125 cm³/mol. The molecular formula is C25H29F2N5O. The van der Waals surface area contributed by atoms with E-state index in [2.05, 4.69) is 21.8 Å². The number of hydrogen-bond donors (Lipinski definition) is 0. The van der Waals surface area contributed by atoms with Crippen molar-refractivity contribution in [3.8, 4) is 11.4 Å². The molecule has 2 aliphatic heterocycles. The Morgan fingerprint density at radius 2 is 1.70 bits per heavy atom. The number of rotatable bonds is 4. The minimum absolute atomic E-state index is 0.137. The van der Waals surface area contributed by atoms with Gasteiger partial charge < -0.3 is 14.7 Å². The lowest BCUT2D eigenvalue weighted by molar-refractivity contribution is -0.137. The second kappa shape index (κ2) is 9.09. The van der Waals surface area contributed by atoms with Gasteiger partial charge in [-0.15, -0.1) is 0 Å². The summed E-state index contributed by atoms with van der Waals surface area (Å²) in [6.07, 6.45) is 1.87. The predicted octanol–water partition coefficient (Wildman–Crippen LogP) is 4.09. The molecular weight excluding hydrogens is 424 g/mol. The SMILES string of the molecule is CN1CCC(C(=O)N2CCN(c3cccc(-c4nc5ccccc5n4C(F)F)c3)CC2)CC1. The van der Waals surface area contributed by atoms with E-state index in [0.717, 1.165) is 49.3 Å². The van der Waals surface area contributed by atoms with Gasteiger partial charge in [-0.25, -0.2) is 4.98 Å². The fourth-order valence-electron chi connectivity index (χ4n) is 4.99. The standard InChI is InChI=1S/C25H29F2N5O/c1-29-11-9-18(10-12-29)24(33)31-15-13-30(14-16-31)20-6-4-5-19(17-20)23-28-21-7-2-3-8-22(21)32(23)25(26)27/h2-8,17-18,25H,9-16H2,1H3. The van der Waals surface area contributed by atoms with Crippen LogP contribution in [-0.4, -0.2) is 71.6 Å². The van der Waals surface area contributed by atoms with Gasteiger partial charge in [0.2, 0.25) is 5.91 Å². The van der Waals surface area contributed by atoms with Crippen LogP contribution in [0.4, 0.5) is 14.5 Å². The minimum Gasteiger partial charge on any atom is -0.368 e. The van der Waals surface area contributed by atoms with Gasteiger partial charge >= 0.3 is 6.55 Å². The van der Waals surface area contributed by atoms with Gasteiger partial charge in [0, 0.05) is 43.3 Å². The van der Waals surface area contributed by atoms with Crippen LogP contribution in [0.5, 0.6) is 0 Å². The Hall–Kier alpha value is -3.00. The van der Waals surface area contributed by atoms with Gasteiger partial charge in [0.1, 0.15) is 5.82 Å². The maximum atomic E-state index is 13.9. The number of aromatic nitrogens is 2. The molecule has 2 saturated heterocycles. The van der Waals surface area contributed by atoms with Crippen molar-refractivity contribution >= 4 is 22.6 Å². The molecule has 0 aliphatic carbocycles. The molecule has 2 aliphatic rings. The monoisotopic (exact) mass is 453 g/mol. The van der Waals surface area contributed by atoms with Crippen molar-refractivity contribution in [2.45, 2.75) is 19.4 Å². The third-order valence-corrected chi connectivity index (χ3v) is 6.92. The first-order chi connectivity index (χ1) is 16.0. The molecule has 0 spiro atoms. The number of para-hydroxylation sites is 2. The number of alkyl halides is 2. The van der Waals surface area contributed by atoms with Gasteiger partial charge in [0.05, 0.1) is 11.0 Å². The molecule has 3 heterocycles. The van der Waals surface area contributed by atoms with Crippen LogP contribution in [0.1, 0.15) is 19.4 Å². The average molecular weight is 454 g/mol. The van der Waals surface area contributed by atoms with Crippen molar-refractivity contribution in [3.63, 3.8) is 0 Å². The molecule has 0 unspecified atom stereocenters. The van der Waals surface area contributed by atoms with Crippen LogP contribution >= 0.6 is 0 Å². The molecule has 0 bridgehead atoms. The second-order valence-electron chi connectivity index (χ2n) is 9.01. The van der Waals surface area contributed by atoms with Crippen molar-refractivity contribution in [1.29, 1.82) is 0 Å². The molecule has 174 valence electrons.